The number of nitrogens with zero attached hydrogens (tertiary/aromatic N) is 3. The lowest BCUT2D eigenvalue weighted by Crippen LogP contribution is -2.31. The average molecular weight is 495 g/mol. The summed E-state index contributed by atoms with van der Waals surface area (Å²) >= 11 is 0. The summed E-state index contributed by atoms with van der Waals surface area (Å²) in [5.41, 5.74) is -0.799. The quantitative estimate of drug-likeness (QED) is 0.429. The first-order valence-corrected chi connectivity index (χ1v) is 11.5. The zero-order valence-electron chi connectivity index (χ0n) is 19.9. The molecule has 0 saturated heterocycles. The largest absolute Gasteiger partial charge is 0.461 e. The maximum Gasteiger partial charge on any atom is 0.416 e. The van der Waals surface area contributed by atoms with Crippen molar-refractivity contribution in [3.63, 3.8) is 0 Å². The van der Waals surface area contributed by atoms with E-state index in [4.69, 9.17) is 4.74 Å². The van der Waals surface area contributed by atoms with Gasteiger partial charge in [-0.25, -0.2) is 9.78 Å². The van der Waals surface area contributed by atoms with Gasteiger partial charge in [-0.15, -0.1) is 0 Å². The molecule has 0 fully saturated rings. The molecule has 190 valence electrons. The standard InChI is InChI=1S/C24H29F3N4O4/c1-4-5-12-30-21-20(22(33)29-23(30)34)31(13-15(2)3)18(28-21)10-11-19(32)35-14-16-6-8-17(9-7-16)24(25,26)27/h6-9,15H,4-5,10-14H2,1-3H3,(H,29,33,34). The smallest absolute Gasteiger partial charge is 0.416 e. The van der Waals surface area contributed by atoms with Crippen molar-refractivity contribution < 1.29 is 22.7 Å². The fraction of sp³-hybridized carbons (Fsp3) is 0.500. The number of imidazole rings is 1. The predicted octanol–water partition coefficient (Wildman–Crippen LogP) is 4.04. The number of ether oxygens (including phenoxy) is 1. The Labute approximate surface area is 199 Å². The van der Waals surface area contributed by atoms with Crippen LogP contribution in [-0.4, -0.2) is 25.1 Å². The highest BCUT2D eigenvalue weighted by Crippen LogP contribution is 2.29. The molecular formula is C24H29F3N4O4. The van der Waals surface area contributed by atoms with E-state index in [-0.39, 0.29) is 25.4 Å². The number of hydrogen-bond donors (Lipinski definition) is 1. The van der Waals surface area contributed by atoms with Crippen LogP contribution in [0.1, 0.15) is 57.0 Å². The van der Waals surface area contributed by atoms with E-state index in [9.17, 15) is 27.6 Å². The van der Waals surface area contributed by atoms with Gasteiger partial charge in [0.05, 0.1) is 12.0 Å². The number of fused-ring (bicyclic) bond motifs is 1. The molecule has 2 heterocycles. The van der Waals surface area contributed by atoms with Gasteiger partial charge < -0.3 is 9.30 Å². The molecule has 0 amide bonds. The first-order chi connectivity index (χ1) is 16.5. The van der Waals surface area contributed by atoms with E-state index in [0.29, 0.717) is 35.6 Å². The molecule has 0 radical (unpaired) electrons. The second-order valence-electron chi connectivity index (χ2n) is 8.82. The summed E-state index contributed by atoms with van der Waals surface area (Å²) in [6.07, 6.45) is -2.70. The van der Waals surface area contributed by atoms with E-state index < -0.39 is 29.0 Å². The van der Waals surface area contributed by atoms with Gasteiger partial charge in [0.25, 0.3) is 5.56 Å². The van der Waals surface area contributed by atoms with Gasteiger partial charge in [0.15, 0.2) is 11.2 Å². The molecule has 0 aliphatic heterocycles. The van der Waals surface area contributed by atoms with Gasteiger partial charge in [0, 0.05) is 19.5 Å². The zero-order chi connectivity index (χ0) is 25.8. The topological polar surface area (TPSA) is 99.0 Å². The van der Waals surface area contributed by atoms with E-state index >= 15 is 0 Å². The van der Waals surface area contributed by atoms with Crippen molar-refractivity contribution >= 4 is 17.1 Å². The van der Waals surface area contributed by atoms with Crippen LogP contribution in [0.3, 0.4) is 0 Å². The number of esters is 1. The van der Waals surface area contributed by atoms with Gasteiger partial charge in [0.1, 0.15) is 12.4 Å². The Morgan fingerprint density at radius 3 is 2.43 bits per heavy atom. The minimum absolute atomic E-state index is 0.0425. The Bertz CT molecular complexity index is 1290. The monoisotopic (exact) mass is 494 g/mol. The van der Waals surface area contributed by atoms with Crippen LogP contribution in [0.2, 0.25) is 0 Å². The number of benzene rings is 1. The third-order valence-electron chi connectivity index (χ3n) is 5.48. The fourth-order valence-electron chi connectivity index (χ4n) is 3.73. The number of carbonyl (C=O) groups is 1. The van der Waals surface area contributed by atoms with Crippen LogP contribution in [0.4, 0.5) is 13.2 Å². The van der Waals surface area contributed by atoms with E-state index in [1.165, 1.54) is 16.7 Å². The Balaban J connectivity index is 1.77. The maximum atomic E-state index is 12.7. The highest BCUT2D eigenvalue weighted by atomic mass is 19.4. The summed E-state index contributed by atoms with van der Waals surface area (Å²) in [5, 5.41) is 0. The van der Waals surface area contributed by atoms with Crippen molar-refractivity contribution in [2.24, 2.45) is 5.92 Å². The van der Waals surface area contributed by atoms with Gasteiger partial charge in [-0.1, -0.05) is 39.3 Å². The second kappa shape index (κ2) is 10.9. The normalized spacial score (nSPS) is 12.0. The van der Waals surface area contributed by atoms with E-state index in [2.05, 4.69) is 9.97 Å². The Hall–Kier alpha value is -3.37. The Kier molecular flexibility index (Phi) is 8.18. The predicted molar refractivity (Wildman–Crippen MR) is 124 cm³/mol. The highest BCUT2D eigenvalue weighted by molar-refractivity contribution is 5.72. The van der Waals surface area contributed by atoms with Crippen LogP contribution in [0.15, 0.2) is 33.9 Å². The summed E-state index contributed by atoms with van der Waals surface area (Å²) < 4.78 is 46.4. The summed E-state index contributed by atoms with van der Waals surface area (Å²) in [6, 6.07) is 4.40. The Morgan fingerprint density at radius 1 is 1.14 bits per heavy atom. The van der Waals surface area contributed by atoms with Crippen molar-refractivity contribution in [3.05, 3.63) is 62.1 Å². The van der Waals surface area contributed by atoms with Crippen molar-refractivity contribution in [1.82, 2.24) is 19.1 Å². The molecule has 0 spiro atoms. The number of H-pyrrole nitrogens is 1. The minimum atomic E-state index is -4.43. The summed E-state index contributed by atoms with van der Waals surface area (Å²) in [4.78, 5) is 44.3. The molecule has 8 nitrogen and oxygen atoms in total. The van der Waals surface area contributed by atoms with Crippen LogP contribution >= 0.6 is 0 Å². The van der Waals surface area contributed by atoms with Gasteiger partial charge >= 0.3 is 17.8 Å². The SMILES string of the molecule is CCCCn1c(=O)[nH]c(=O)c2c1nc(CCC(=O)OCc1ccc(C(F)(F)F)cc1)n2CC(C)C. The number of aryl methyl sites for hydroxylation is 2. The molecule has 1 N–H and O–H groups in total. The first-order valence-electron chi connectivity index (χ1n) is 11.5. The first kappa shape index (κ1) is 26.2. The van der Waals surface area contributed by atoms with Crippen LogP contribution < -0.4 is 11.2 Å². The fourth-order valence-corrected chi connectivity index (χ4v) is 3.73. The number of rotatable bonds is 10. The van der Waals surface area contributed by atoms with Gasteiger partial charge in [-0.3, -0.25) is 19.1 Å². The summed E-state index contributed by atoms with van der Waals surface area (Å²) in [7, 11) is 0. The van der Waals surface area contributed by atoms with Crippen LogP contribution in [0.5, 0.6) is 0 Å². The lowest BCUT2D eigenvalue weighted by atomic mass is 10.1. The van der Waals surface area contributed by atoms with Crippen LogP contribution in [0.25, 0.3) is 11.2 Å². The van der Waals surface area contributed by atoms with Crippen molar-refractivity contribution in [1.29, 1.82) is 0 Å². The highest BCUT2D eigenvalue weighted by Gasteiger charge is 2.30. The number of nitrogens with one attached hydrogen (secondary N) is 1. The zero-order valence-corrected chi connectivity index (χ0v) is 19.9. The maximum absolute atomic E-state index is 12.7. The third-order valence-corrected chi connectivity index (χ3v) is 5.48. The number of aromatic amines is 1. The van der Waals surface area contributed by atoms with E-state index in [1.807, 2.05) is 20.8 Å². The summed E-state index contributed by atoms with van der Waals surface area (Å²) in [6.45, 7) is 6.69. The van der Waals surface area contributed by atoms with Gasteiger partial charge in [-0.2, -0.15) is 13.2 Å². The number of halogens is 3. The Morgan fingerprint density at radius 2 is 1.83 bits per heavy atom. The molecule has 35 heavy (non-hydrogen) atoms. The molecule has 0 unspecified atom stereocenters. The molecule has 2 aromatic heterocycles. The number of hydrogen-bond acceptors (Lipinski definition) is 5. The summed E-state index contributed by atoms with van der Waals surface area (Å²) in [5.74, 6) is 0.111. The van der Waals surface area contributed by atoms with E-state index in [0.717, 1.165) is 25.0 Å². The minimum Gasteiger partial charge on any atom is -0.461 e. The van der Waals surface area contributed by atoms with Crippen LogP contribution in [0, 0.1) is 5.92 Å². The average Bonchev–Trinajstić information content (AvgIpc) is 3.13. The molecule has 0 bridgehead atoms. The van der Waals surface area contributed by atoms with E-state index in [1.54, 1.807) is 4.57 Å². The lowest BCUT2D eigenvalue weighted by molar-refractivity contribution is -0.145. The molecule has 0 saturated carbocycles. The van der Waals surface area contributed by atoms with Crippen molar-refractivity contribution in [3.8, 4) is 0 Å². The molecule has 0 aliphatic rings. The lowest BCUT2D eigenvalue weighted by Gasteiger charge is -2.11. The third kappa shape index (κ3) is 6.40. The van der Waals surface area contributed by atoms with Crippen LogP contribution in [-0.2, 0) is 41.8 Å². The molecule has 1 aromatic carbocycles. The molecule has 0 atom stereocenters. The molecular weight excluding hydrogens is 465 g/mol. The number of carbonyl (C=O) groups excluding carboxylic acids is 1. The van der Waals surface area contributed by atoms with Gasteiger partial charge in [-0.05, 0) is 30.0 Å². The van der Waals surface area contributed by atoms with Crippen molar-refractivity contribution in [2.45, 2.75) is 72.3 Å². The molecule has 0 aliphatic carbocycles. The number of alkyl halides is 3. The number of aromatic nitrogens is 4. The number of unbranched alkanes of at least 4 members (excludes halogenated alkanes) is 1. The molecule has 3 aromatic rings. The molecule has 11 heteroatoms. The molecule has 3 rings (SSSR count). The van der Waals surface area contributed by atoms with Gasteiger partial charge in [0.2, 0.25) is 0 Å². The van der Waals surface area contributed by atoms with Crippen molar-refractivity contribution in [2.75, 3.05) is 0 Å². The second-order valence-corrected chi connectivity index (χ2v) is 8.82.